The molecule has 0 aliphatic carbocycles. The minimum absolute atomic E-state index is 0.0517. The average molecular weight is 302 g/mol. The normalized spacial score (nSPS) is 24.7. The van der Waals surface area contributed by atoms with E-state index in [1.54, 1.807) is 6.07 Å². The number of likely N-dealkylation sites (N-methyl/N-ethyl adjacent to an activating group) is 1. The van der Waals surface area contributed by atoms with Crippen molar-refractivity contribution >= 4 is 17.2 Å². The summed E-state index contributed by atoms with van der Waals surface area (Å²) in [5.74, 6) is -1.15. The Balaban J connectivity index is 2.04. The smallest absolute Gasteiger partial charge is 0.335 e. The number of hydrogen-bond acceptors (Lipinski definition) is 4. The van der Waals surface area contributed by atoms with Crippen molar-refractivity contribution in [1.29, 1.82) is 0 Å². The number of nitro benzene ring substituents is 1. The first-order valence-electron chi connectivity index (χ1n) is 7.42. The first-order valence-corrected chi connectivity index (χ1v) is 7.42. The largest absolute Gasteiger partial charge is 0.478 e. The van der Waals surface area contributed by atoms with Crippen LogP contribution in [0.4, 0.5) is 5.69 Å². The Labute approximate surface area is 128 Å². The Morgan fingerprint density at radius 2 is 2.18 bits per heavy atom. The van der Waals surface area contributed by atoms with Crippen LogP contribution in [-0.2, 0) is 0 Å². The van der Waals surface area contributed by atoms with Gasteiger partial charge in [0.25, 0.3) is 5.69 Å². The van der Waals surface area contributed by atoms with E-state index < -0.39 is 10.9 Å². The lowest BCUT2D eigenvalue weighted by Gasteiger charge is -2.42. The van der Waals surface area contributed by atoms with Crippen LogP contribution in [0.5, 0.6) is 0 Å². The number of nitrogens with zero attached hydrogens (tertiary/aromatic N) is 2. The second-order valence-corrected chi connectivity index (χ2v) is 6.01. The van der Waals surface area contributed by atoms with Gasteiger partial charge >= 0.3 is 5.97 Å². The zero-order chi connectivity index (χ0) is 15.9. The van der Waals surface area contributed by atoms with Crippen molar-refractivity contribution in [2.24, 2.45) is 0 Å². The second kappa shape index (κ2) is 5.53. The fraction of sp³-hybridized carbons (Fsp3) is 0.438. The molecule has 22 heavy (non-hydrogen) atoms. The van der Waals surface area contributed by atoms with E-state index >= 15 is 0 Å². The second-order valence-electron chi connectivity index (χ2n) is 6.01. The maximum absolute atomic E-state index is 11.3. The molecule has 1 fully saturated rings. The third-order valence-corrected chi connectivity index (χ3v) is 4.77. The lowest BCUT2D eigenvalue weighted by atomic mass is 9.83. The molecule has 1 saturated heterocycles. The first-order chi connectivity index (χ1) is 10.5. The highest BCUT2D eigenvalue weighted by molar-refractivity contribution is 5.90. The number of hydrogen-bond donors (Lipinski definition) is 1. The van der Waals surface area contributed by atoms with Crippen molar-refractivity contribution in [2.45, 2.75) is 37.8 Å². The molecule has 2 aliphatic heterocycles. The van der Waals surface area contributed by atoms with Gasteiger partial charge in [-0.1, -0.05) is 12.5 Å². The number of rotatable bonds is 3. The molecule has 2 heterocycles. The molecular formula is C16H18N2O4. The summed E-state index contributed by atoms with van der Waals surface area (Å²) in [5.41, 5.74) is 1.36. The summed E-state index contributed by atoms with van der Waals surface area (Å²) in [5, 5.41) is 20.3. The molecule has 1 aromatic carbocycles. The Bertz CT molecular complexity index is 668. The van der Waals surface area contributed by atoms with Gasteiger partial charge in [-0.2, -0.15) is 0 Å². The molecule has 1 aromatic rings. The van der Waals surface area contributed by atoms with Crippen LogP contribution in [0.15, 0.2) is 24.3 Å². The molecule has 6 heteroatoms. The molecule has 2 unspecified atom stereocenters. The van der Waals surface area contributed by atoms with Crippen molar-refractivity contribution in [3.8, 4) is 0 Å². The van der Waals surface area contributed by atoms with E-state index in [-0.39, 0.29) is 11.3 Å². The van der Waals surface area contributed by atoms with Gasteiger partial charge in [-0.15, -0.1) is 0 Å². The summed E-state index contributed by atoms with van der Waals surface area (Å²) in [6.07, 6.45) is 6.24. The van der Waals surface area contributed by atoms with Crippen molar-refractivity contribution < 1.29 is 14.8 Å². The lowest BCUT2D eigenvalue weighted by molar-refractivity contribution is -0.385. The zero-order valence-electron chi connectivity index (χ0n) is 12.4. The van der Waals surface area contributed by atoms with E-state index in [0.717, 1.165) is 30.9 Å². The topological polar surface area (TPSA) is 83.7 Å². The van der Waals surface area contributed by atoms with E-state index in [1.165, 1.54) is 12.5 Å². The summed E-state index contributed by atoms with van der Waals surface area (Å²) < 4.78 is 0. The van der Waals surface area contributed by atoms with Crippen molar-refractivity contribution in [1.82, 2.24) is 4.90 Å². The van der Waals surface area contributed by atoms with Crippen LogP contribution in [0.3, 0.4) is 0 Å². The van der Waals surface area contributed by atoms with Crippen LogP contribution in [0.2, 0.25) is 0 Å². The van der Waals surface area contributed by atoms with E-state index in [0.29, 0.717) is 17.6 Å². The molecule has 6 nitrogen and oxygen atoms in total. The third kappa shape index (κ3) is 2.50. The number of aromatic carboxylic acids is 1. The summed E-state index contributed by atoms with van der Waals surface area (Å²) >= 11 is 0. The van der Waals surface area contributed by atoms with Crippen LogP contribution in [0.1, 0.15) is 41.6 Å². The Kier molecular flexibility index (Phi) is 3.70. The van der Waals surface area contributed by atoms with Gasteiger partial charge in [-0.05, 0) is 44.0 Å². The number of benzene rings is 1. The highest BCUT2D eigenvalue weighted by atomic mass is 16.6. The molecule has 0 amide bonds. The molecule has 3 rings (SSSR count). The van der Waals surface area contributed by atoms with E-state index in [1.807, 2.05) is 0 Å². The standard InChI is InChI=1S/C16H18N2O4/c1-17-12-3-2-4-13(17)8-11(7-12)14-6-5-10(16(19)20)9-15(14)18(21)22/h5-7,9,12-13H,2-4,8H2,1H3,(H,19,20). The molecule has 2 aliphatic rings. The number of carbonyl (C=O) groups is 1. The van der Waals surface area contributed by atoms with Crippen LogP contribution < -0.4 is 0 Å². The Morgan fingerprint density at radius 1 is 1.41 bits per heavy atom. The summed E-state index contributed by atoms with van der Waals surface area (Å²) in [6.45, 7) is 0. The third-order valence-electron chi connectivity index (χ3n) is 4.77. The fourth-order valence-corrected chi connectivity index (χ4v) is 3.53. The van der Waals surface area contributed by atoms with Crippen LogP contribution in [-0.4, -0.2) is 40.0 Å². The van der Waals surface area contributed by atoms with Crippen molar-refractivity contribution in [3.63, 3.8) is 0 Å². The quantitative estimate of drug-likeness (QED) is 0.685. The van der Waals surface area contributed by atoms with Gasteiger partial charge in [-0.25, -0.2) is 4.79 Å². The Hall–Kier alpha value is -2.21. The fourth-order valence-electron chi connectivity index (χ4n) is 3.53. The monoisotopic (exact) mass is 302 g/mol. The van der Waals surface area contributed by atoms with Crippen LogP contribution >= 0.6 is 0 Å². The molecule has 2 bridgehead atoms. The number of carboxylic acids is 1. The van der Waals surface area contributed by atoms with Crippen molar-refractivity contribution in [2.75, 3.05) is 7.05 Å². The van der Waals surface area contributed by atoms with Gasteiger partial charge in [0.2, 0.25) is 0 Å². The molecule has 0 radical (unpaired) electrons. The average Bonchev–Trinajstić information content (AvgIpc) is 2.46. The summed E-state index contributed by atoms with van der Waals surface area (Å²) in [6, 6.07) is 4.92. The van der Waals surface area contributed by atoms with Gasteiger partial charge in [0, 0.05) is 18.2 Å². The lowest BCUT2D eigenvalue weighted by Crippen LogP contribution is -2.45. The minimum atomic E-state index is -1.15. The predicted molar refractivity (Wildman–Crippen MR) is 81.8 cm³/mol. The highest BCUT2D eigenvalue weighted by Crippen LogP contribution is 2.39. The molecule has 0 aromatic heterocycles. The van der Waals surface area contributed by atoms with Gasteiger partial charge in [-0.3, -0.25) is 15.0 Å². The van der Waals surface area contributed by atoms with E-state index in [4.69, 9.17) is 5.11 Å². The molecule has 1 N–H and O–H groups in total. The van der Waals surface area contributed by atoms with Crippen LogP contribution in [0, 0.1) is 10.1 Å². The van der Waals surface area contributed by atoms with Crippen molar-refractivity contribution in [3.05, 3.63) is 45.5 Å². The summed E-state index contributed by atoms with van der Waals surface area (Å²) in [4.78, 5) is 24.2. The maximum atomic E-state index is 11.3. The number of carboxylic acid groups (broad SMARTS) is 1. The highest BCUT2D eigenvalue weighted by Gasteiger charge is 2.33. The predicted octanol–water partition coefficient (Wildman–Crippen LogP) is 2.93. The molecular weight excluding hydrogens is 284 g/mol. The number of fused-ring (bicyclic) bond motifs is 2. The molecule has 0 spiro atoms. The van der Waals surface area contributed by atoms with E-state index in [2.05, 4.69) is 18.0 Å². The van der Waals surface area contributed by atoms with E-state index in [9.17, 15) is 14.9 Å². The molecule has 116 valence electrons. The number of nitro groups is 1. The Morgan fingerprint density at radius 3 is 2.82 bits per heavy atom. The summed E-state index contributed by atoms with van der Waals surface area (Å²) in [7, 11) is 2.10. The molecule has 0 saturated carbocycles. The van der Waals surface area contributed by atoms with Crippen LogP contribution in [0.25, 0.3) is 5.57 Å². The molecule has 2 atom stereocenters. The SMILES string of the molecule is CN1C2C=C(c3ccc(C(=O)O)cc3[N+](=O)[O-])CC1CCC2. The first kappa shape index (κ1) is 14.7. The van der Waals surface area contributed by atoms with Gasteiger partial charge in [0.1, 0.15) is 0 Å². The minimum Gasteiger partial charge on any atom is -0.478 e. The maximum Gasteiger partial charge on any atom is 0.335 e. The van der Waals surface area contributed by atoms with Gasteiger partial charge in [0.15, 0.2) is 0 Å². The zero-order valence-corrected chi connectivity index (χ0v) is 12.4. The number of piperidine rings is 1. The van der Waals surface area contributed by atoms with Gasteiger partial charge < -0.3 is 5.11 Å². The van der Waals surface area contributed by atoms with Gasteiger partial charge in [0.05, 0.1) is 16.1 Å².